The lowest BCUT2D eigenvalue weighted by Gasteiger charge is -2.27. The predicted molar refractivity (Wildman–Crippen MR) is 86.1 cm³/mol. The number of carbonyl (C=O) groups is 1. The second kappa shape index (κ2) is 7.07. The van der Waals surface area contributed by atoms with Crippen LogP contribution in [0.15, 0.2) is 0 Å². The molecule has 0 saturated heterocycles. The third kappa shape index (κ3) is 4.30. The summed E-state index contributed by atoms with van der Waals surface area (Å²) >= 11 is 0. The van der Waals surface area contributed by atoms with Crippen LogP contribution < -0.4 is 11.1 Å². The van der Waals surface area contributed by atoms with E-state index in [1.807, 2.05) is 32.5 Å². The van der Waals surface area contributed by atoms with Gasteiger partial charge in [0.2, 0.25) is 5.91 Å². The van der Waals surface area contributed by atoms with Crippen molar-refractivity contribution in [3.8, 4) is 0 Å². The molecule has 0 aliphatic carbocycles. The molecule has 0 radical (unpaired) electrons. The molecule has 1 heterocycles. The maximum Gasteiger partial charge on any atom is 0.223 e. The van der Waals surface area contributed by atoms with Gasteiger partial charge in [-0.1, -0.05) is 20.8 Å². The zero-order valence-corrected chi connectivity index (χ0v) is 14.3. The summed E-state index contributed by atoms with van der Waals surface area (Å²) < 4.78 is 1.87. The summed E-state index contributed by atoms with van der Waals surface area (Å²) in [5.41, 5.74) is 9.23. The molecule has 0 saturated carbocycles. The summed E-state index contributed by atoms with van der Waals surface area (Å²) in [6, 6.07) is 0. The molecule has 0 aromatic carbocycles. The van der Waals surface area contributed by atoms with Crippen LogP contribution in [0.25, 0.3) is 0 Å². The number of amides is 1. The first-order valence-corrected chi connectivity index (χ1v) is 7.79. The molecule has 21 heavy (non-hydrogen) atoms. The van der Waals surface area contributed by atoms with Crippen LogP contribution >= 0.6 is 0 Å². The number of aromatic nitrogens is 2. The quantitative estimate of drug-likeness (QED) is 0.806. The number of nitrogens with zero attached hydrogens (tertiary/aromatic N) is 2. The van der Waals surface area contributed by atoms with Gasteiger partial charge in [-0.15, -0.1) is 0 Å². The van der Waals surface area contributed by atoms with Crippen LogP contribution in [0.1, 0.15) is 50.6 Å². The molecular weight excluding hydrogens is 264 g/mol. The molecule has 5 heteroatoms. The third-order valence-electron chi connectivity index (χ3n) is 4.64. The second-order valence-corrected chi connectivity index (χ2v) is 6.17. The van der Waals surface area contributed by atoms with Gasteiger partial charge in [0.05, 0.1) is 5.69 Å². The molecule has 0 aliphatic heterocycles. The molecule has 0 spiro atoms. The van der Waals surface area contributed by atoms with Gasteiger partial charge in [-0.05, 0) is 38.7 Å². The second-order valence-electron chi connectivity index (χ2n) is 6.17. The first-order valence-electron chi connectivity index (χ1n) is 7.79. The Morgan fingerprint density at radius 1 is 1.38 bits per heavy atom. The van der Waals surface area contributed by atoms with Crippen molar-refractivity contribution in [3.63, 3.8) is 0 Å². The van der Waals surface area contributed by atoms with Crippen molar-refractivity contribution < 1.29 is 4.79 Å². The Labute approximate surface area is 128 Å². The van der Waals surface area contributed by atoms with Crippen molar-refractivity contribution in [2.24, 2.45) is 18.7 Å². The highest BCUT2D eigenvalue weighted by atomic mass is 16.1. The lowest BCUT2D eigenvalue weighted by Crippen LogP contribution is -2.50. The number of aryl methyl sites for hydroxylation is 2. The summed E-state index contributed by atoms with van der Waals surface area (Å²) in [7, 11) is 1.93. The molecular formula is C16H30N4O. The van der Waals surface area contributed by atoms with Crippen molar-refractivity contribution in [1.29, 1.82) is 0 Å². The summed E-state index contributed by atoms with van der Waals surface area (Å²) in [6.07, 6.45) is 2.44. The molecule has 1 rings (SSSR count). The Morgan fingerprint density at radius 3 is 2.38 bits per heavy atom. The Bertz CT molecular complexity index is 489. The van der Waals surface area contributed by atoms with Gasteiger partial charge in [-0.2, -0.15) is 5.10 Å². The van der Waals surface area contributed by atoms with Crippen LogP contribution in [-0.4, -0.2) is 27.8 Å². The van der Waals surface area contributed by atoms with E-state index >= 15 is 0 Å². The standard InChI is InChI=1S/C16H30N4O/c1-7-16(17,8-2)10-18-15(21)11(3)9-14-12(4)19-20(6)13(14)5/h11H,7-10,17H2,1-6H3,(H,18,21). The van der Waals surface area contributed by atoms with Crippen molar-refractivity contribution in [2.75, 3.05) is 6.54 Å². The van der Waals surface area contributed by atoms with Gasteiger partial charge in [0.1, 0.15) is 0 Å². The van der Waals surface area contributed by atoms with Crippen molar-refractivity contribution in [2.45, 2.75) is 59.4 Å². The predicted octanol–water partition coefficient (Wildman–Crippen LogP) is 1.85. The summed E-state index contributed by atoms with van der Waals surface area (Å²) in [6.45, 7) is 10.6. The Kier molecular flexibility index (Phi) is 5.96. The van der Waals surface area contributed by atoms with Gasteiger partial charge >= 0.3 is 0 Å². The molecule has 0 aliphatic rings. The average molecular weight is 294 g/mol. The summed E-state index contributed by atoms with van der Waals surface area (Å²) in [5, 5.41) is 7.40. The average Bonchev–Trinajstić information content (AvgIpc) is 2.70. The van der Waals surface area contributed by atoms with E-state index in [1.54, 1.807) is 0 Å². The van der Waals surface area contributed by atoms with Gasteiger partial charge in [0.25, 0.3) is 0 Å². The molecule has 0 fully saturated rings. The normalized spacial score (nSPS) is 13.3. The number of hydrogen-bond donors (Lipinski definition) is 2. The largest absolute Gasteiger partial charge is 0.354 e. The number of rotatable bonds is 7. The molecule has 120 valence electrons. The number of carbonyl (C=O) groups excluding carboxylic acids is 1. The van der Waals surface area contributed by atoms with Gasteiger partial charge in [0.15, 0.2) is 0 Å². The van der Waals surface area contributed by atoms with E-state index in [1.165, 1.54) is 5.56 Å². The minimum atomic E-state index is -0.296. The number of hydrogen-bond acceptors (Lipinski definition) is 3. The molecule has 3 N–H and O–H groups in total. The third-order valence-corrected chi connectivity index (χ3v) is 4.64. The topological polar surface area (TPSA) is 72.9 Å². The monoisotopic (exact) mass is 294 g/mol. The maximum atomic E-state index is 12.3. The Morgan fingerprint density at radius 2 is 1.95 bits per heavy atom. The highest BCUT2D eigenvalue weighted by molar-refractivity contribution is 5.78. The van der Waals surface area contributed by atoms with E-state index in [4.69, 9.17) is 5.73 Å². The van der Waals surface area contributed by atoms with Gasteiger partial charge in [-0.3, -0.25) is 9.48 Å². The van der Waals surface area contributed by atoms with E-state index in [-0.39, 0.29) is 17.4 Å². The van der Waals surface area contributed by atoms with E-state index in [9.17, 15) is 4.79 Å². The lowest BCUT2D eigenvalue weighted by molar-refractivity contribution is -0.124. The zero-order valence-electron chi connectivity index (χ0n) is 14.3. The van der Waals surface area contributed by atoms with Crippen LogP contribution in [0.5, 0.6) is 0 Å². The number of nitrogens with one attached hydrogen (secondary N) is 1. The van der Waals surface area contributed by atoms with Gasteiger partial charge in [-0.25, -0.2) is 0 Å². The first-order chi connectivity index (χ1) is 9.74. The first kappa shape index (κ1) is 17.7. The van der Waals surface area contributed by atoms with Crippen LogP contribution in [0.3, 0.4) is 0 Å². The molecule has 1 atom stereocenters. The minimum absolute atomic E-state index is 0.0642. The van der Waals surface area contributed by atoms with Crippen molar-refractivity contribution in [3.05, 3.63) is 17.0 Å². The molecule has 1 aromatic rings. The van der Waals surface area contributed by atoms with Crippen molar-refractivity contribution in [1.82, 2.24) is 15.1 Å². The molecule has 1 unspecified atom stereocenters. The van der Waals surface area contributed by atoms with E-state index < -0.39 is 0 Å². The summed E-state index contributed by atoms with van der Waals surface area (Å²) in [5.74, 6) is -0.0149. The highest BCUT2D eigenvalue weighted by Crippen LogP contribution is 2.17. The van der Waals surface area contributed by atoms with E-state index in [0.29, 0.717) is 13.0 Å². The van der Waals surface area contributed by atoms with E-state index in [0.717, 1.165) is 24.2 Å². The van der Waals surface area contributed by atoms with Gasteiger partial charge in [0, 0.05) is 30.7 Å². The van der Waals surface area contributed by atoms with Crippen LogP contribution in [-0.2, 0) is 18.3 Å². The molecule has 5 nitrogen and oxygen atoms in total. The highest BCUT2D eigenvalue weighted by Gasteiger charge is 2.23. The lowest BCUT2D eigenvalue weighted by atomic mass is 9.93. The SMILES string of the molecule is CCC(N)(CC)CNC(=O)C(C)Cc1c(C)nn(C)c1C. The molecule has 0 bridgehead atoms. The fraction of sp³-hybridized carbons (Fsp3) is 0.750. The molecule has 1 amide bonds. The van der Waals surface area contributed by atoms with Crippen LogP contribution in [0.4, 0.5) is 0 Å². The van der Waals surface area contributed by atoms with E-state index in [2.05, 4.69) is 24.3 Å². The van der Waals surface area contributed by atoms with Crippen molar-refractivity contribution >= 4 is 5.91 Å². The van der Waals surface area contributed by atoms with Gasteiger partial charge < -0.3 is 11.1 Å². The fourth-order valence-corrected chi connectivity index (χ4v) is 2.45. The van der Waals surface area contributed by atoms with Crippen LogP contribution in [0.2, 0.25) is 0 Å². The fourth-order valence-electron chi connectivity index (χ4n) is 2.45. The minimum Gasteiger partial charge on any atom is -0.354 e. The number of nitrogens with two attached hydrogens (primary N) is 1. The molecule has 1 aromatic heterocycles. The Hall–Kier alpha value is -1.36. The zero-order chi connectivity index (χ0) is 16.2. The van der Waals surface area contributed by atoms with Crippen LogP contribution in [0, 0.1) is 19.8 Å². The Balaban J connectivity index is 2.63. The maximum absolute atomic E-state index is 12.3. The summed E-state index contributed by atoms with van der Waals surface area (Å²) in [4.78, 5) is 12.3. The smallest absolute Gasteiger partial charge is 0.223 e.